The second-order valence-corrected chi connectivity index (χ2v) is 5.31. The van der Waals surface area contributed by atoms with Crippen LogP contribution in [0.5, 0.6) is 0 Å². The fourth-order valence-corrected chi connectivity index (χ4v) is 2.60. The molecule has 1 heterocycles. The van der Waals surface area contributed by atoms with E-state index < -0.39 is 0 Å². The Morgan fingerprint density at radius 1 is 1.35 bits per heavy atom. The molecule has 2 aromatic rings. The summed E-state index contributed by atoms with van der Waals surface area (Å²) >= 11 is 1.34. The Balaban J connectivity index is 2.22. The second kappa shape index (κ2) is 6.38. The summed E-state index contributed by atoms with van der Waals surface area (Å²) in [5, 5.41) is 13.4. The van der Waals surface area contributed by atoms with Crippen LogP contribution in [-0.2, 0) is 0 Å². The molecule has 0 aliphatic heterocycles. The number of anilines is 1. The lowest BCUT2D eigenvalue weighted by molar-refractivity contribution is 0.103. The maximum atomic E-state index is 12.3. The van der Waals surface area contributed by atoms with Gasteiger partial charge in [-0.05, 0) is 36.9 Å². The Kier molecular flexibility index (Phi) is 4.57. The van der Waals surface area contributed by atoms with E-state index in [1.807, 2.05) is 37.4 Å². The Labute approximate surface area is 122 Å². The highest BCUT2D eigenvalue weighted by Crippen LogP contribution is 2.20. The van der Waals surface area contributed by atoms with Crippen LogP contribution in [0.15, 0.2) is 29.6 Å². The van der Waals surface area contributed by atoms with E-state index in [-0.39, 0.29) is 12.5 Å². The van der Waals surface area contributed by atoms with Gasteiger partial charge in [0.15, 0.2) is 0 Å². The van der Waals surface area contributed by atoms with Gasteiger partial charge < -0.3 is 10.4 Å². The third kappa shape index (κ3) is 3.27. The van der Waals surface area contributed by atoms with Gasteiger partial charge >= 0.3 is 0 Å². The molecule has 0 saturated carbocycles. The average Bonchev–Trinajstić information content (AvgIpc) is 2.88. The lowest BCUT2D eigenvalue weighted by Crippen LogP contribution is -2.12. The molecule has 102 valence electrons. The number of aliphatic hydroxyl groups is 1. The lowest BCUT2D eigenvalue weighted by atomic mass is 10.1. The number of carbonyl (C=O) groups is 1. The molecule has 20 heavy (non-hydrogen) atoms. The third-order valence-corrected chi connectivity index (χ3v) is 3.72. The number of rotatable bonds is 2. The van der Waals surface area contributed by atoms with Crippen molar-refractivity contribution in [2.45, 2.75) is 13.8 Å². The molecule has 2 rings (SSSR count). The first kappa shape index (κ1) is 14.3. The van der Waals surface area contributed by atoms with Gasteiger partial charge in [0.1, 0.15) is 11.5 Å². The summed E-state index contributed by atoms with van der Waals surface area (Å²) in [5.74, 6) is 5.17. The number of nitrogens with one attached hydrogen (secondary N) is 1. The predicted octanol–water partition coefficient (Wildman–Crippen LogP) is 2.96. The Bertz CT molecular complexity index is 692. The summed E-state index contributed by atoms with van der Waals surface area (Å²) < 4.78 is 0. The first-order valence-electron chi connectivity index (χ1n) is 6.17. The highest BCUT2D eigenvalue weighted by molar-refractivity contribution is 7.12. The smallest absolute Gasteiger partial charge is 0.267 e. The van der Waals surface area contributed by atoms with Crippen molar-refractivity contribution < 1.29 is 9.90 Å². The molecule has 1 amide bonds. The van der Waals surface area contributed by atoms with Gasteiger partial charge in [0.25, 0.3) is 5.91 Å². The third-order valence-electron chi connectivity index (χ3n) is 2.80. The molecule has 4 heteroatoms. The van der Waals surface area contributed by atoms with Crippen LogP contribution in [-0.4, -0.2) is 17.6 Å². The molecule has 2 N–H and O–H groups in total. The van der Waals surface area contributed by atoms with E-state index in [0.717, 1.165) is 16.8 Å². The van der Waals surface area contributed by atoms with Crippen molar-refractivity contribution >= 4 is 22.9 Å². The number of amides is 1. The van der Waals surface area contributed by atoms with Crippen LogP contribution >= 0.6 is 11.3 Å². The Hall–Kier alpha value is -2.09. The number of thiophene rings is 1. The van der Waals surface area contributed by atoms with Crippen LogP contribution in [0.4, 0.5) is 5.69 Å². The Morgan fingerprint density at radius 2 is 2.15 bits per heavy atom. The summed E-state index contributed by atoms with van der Waals surface area (Å²) in [6.07, 6.45) is 0. The monoisotopic (exact) mass is 285 g/mol. The van der Waals surface area contributed by atoms with Crippen molar-refractivity contribution in [3.05, 3.63) is 51.2 Å². The molecule has 0 saturated heterocycles. The van der Waals surface area contributed by atoms with Gasteiger partial charge in [-0.1, -0.05) is 29.5 Å². The topological polar surface area (TPSA) is 49.3 Å². The molecular weight excluding hydrogens is 270 g/mol. The molecule has 0 unspecified atom stereocenters. The Morgan fingerprint density at radius 3 is 2.85 bits per heavy atom. The zero-order valence-corrected chi connectivity index (χ0v) is 12.2. The minimum Gasteiger partial charge on any atom is -0.384 e. The van der Waals surface area contributed by atoms with Crippen LogP contribution in [0.25, 0.3) is 0 Å². The van der Waals surface area contributed by atoms with Gasteiger partial charge in [0.2, 0.25) is 0 Å². The van der Waals surface area contributed by atoms with Crippen LogP contribution < -0.4 is 5.32 Å². The molecule has 0 aliphatic rings. The predicted molar refractivity (Wildman–Crippen MR) is 82.2 cm³/mol. The van der Waals surface area contributed by atoms with Crippen molar-refractivity contribution in [2.24, 2.45) is 0 Å². The van der Waals surface area contributed by atoms with Crippen LogP contribution in [0.2, 0.25) is 0 Å². The van der Waals surface area contributed by atoms with E-state index in [0.29, 0.717) is 10.4 Å². The van der Waals surface area contributed by atoms with E-state index in [9.17, 15) is 4.79 Å². The molecular formula is C16H15NO2S. The SMILES string of the molecule is Cc1ccc(NC(=O)c2sccc2C#CCO)c(C)c1. The van der Waals surface area contributed by atoms with E-state index in [1.165, 1.54) is 11.3 Å². The molecule has 0 bridgehead atoms. The van der Waals surface area contributed by atoms with E-state index >= 15 is 0 Å². The number of benzene rings is 1. The number of hydrogen-bond donors (Lipinski definition) is 2. The quantitative estimate of drug-likeness (QED) is 0.833. The number of carbonyl (C=O) groups excluding carboxylic acids is 1. The molecule has 0 aliphatic carbocycles. The van der Waals surface area contributed by atoms with Crippen LogP contribution in [0, 0.1) is 25.7 Å². The standard InChI is InChI=1S/C16H15NO2S/c1-11-5-6-14(12(2)10-11)17-16(19)15-13(4-3-8-18)7-9-20-15/h5-7,9-10,18H,8H2,1-2H3,(H,17,19). The molecule has 3 nitrogen and oxygen atoms in total. The van der Waals surface area contributed by atoms with Crippen molar-refractivity contribution in [2.75, 3.05) is 11.9 Å². The molecule has 0 radical (unpaired) electrons. The summed E-state index contributed by atoms with van der Waals surface area (Å²) in [4.78, 5) is 12.8. The molecule has 1 aromatic heterocycles. The van der Waals surface area contributed by atoms with Crippen LogP contribution in [0.1, 0.15) is 26.4 Å². The first-order chi connectivity index (χ1) is 9.61. The fraction of sp³-hybridized carbons (Fsp3) is 0.188. The van der Waals surface area contributed by atoms with Crippen molar-refractivity contribution in [3.8, 4) is 11.8 Å². The minimum atomic E-state index is -0.214. The number of aliphatic hydroxyl groups excluding tert-OH is 1. The van der Waals surface area contributed by atoms with Gasteiger partial charge in [-0.15, -0.1) is 11.3 Å². The highest BCUT2D eigenvalue weighted by Gasteiger charge is 2.13. The normalized spacial score (nSPS) is 9.75. The van der Waals surface area contributed by atoms with Gasteiger partial charge in [0, 0.05) is 11.3 Å². The fourth-order valence-electron chi connectivity index (χ4n) is 1.85. The van der Waals surface area contributed by atoms with Crippen molar-refractivity contribution in [1.29, 1.82) is 0 Å². The summed E-state index contributed by atoms with van der Waals surface area (Å²) in [6.45, 7) is 3.76. The van der Waals surface area contributed by atoms with E-state index in [4.69, 9.17) is 5.11 Å². The number of hydrogen-bond acceptors (Lipinski definition) is 3. The van der Waals surface area contributed by atoms with Crippen molar-refractivity contribution in [3.63, 3.8) is 0 Å². The maximum absolute atomic E-state index is 12.3. The molecule has 0 spiro atoms. The maximum Gasteiger partial charge on any atom is 0.267 e. The zero-order chi connectivity index (χ0) is 14.5. The first-order valence-corrected chi connectivity index (χ1v) is 7.05. The molecule has 0 atom stereocenters. The molecule has 1 aromatic carbocycles. The highest BCUT2D eigenvalue weighted by atomic mass is 32.1. The van der Waals surface area contributed by atoms with Gasteiger partial charge in [-0.3, -0.25) is 4.79 Å². The summed E-state index contributed by atoms with van der Waals surface area (Å²) in [5.41, 5.74) is 3.63. The van der Waals surface area contributed by atoms with E-state index in [2.05, 4.69) is 17.2 Å². The zero-order valence-electron chi connectivity index (χ0n) is 11.4. The average molecular weight is 285 g/mol. The van der Waals surface area contributed by atoms with E-state index in [1.54, 1.807) is 6.07 Å². The number of aryl methyl sites for hydroxylation is 2. The summed E-state index contributed by atoms with van der Waals surface area (Å²) in [7, 11) is 0. The van der Waals surface area contributed by atoms with Gasteiger partial charge in [0.05, 0.1) is 0 Å². The molecule has 0 fully saturated rings. The lowest BCUT2D eigenvalue weighted by Gasteiger charge is -2.08. The largest absolute Gasteiger partial charge is 0.384 e. The van der Waals surface area contributed by atoms with Crippen LogP contribution in [0.3, 0.4) is 0 Å². The van der Waals surface area contributed by atoms with Gasteiger partial charge in [-0.2, -0.15) is 0 Å². The minimum absolute atomic E-state index is 0.172. The summed E-state index contributed by atoms with van der Waals surface area (Å²) in [6, 6.07) is 7.67. The van der Waals surface area contributed by atoms with Gasteiger partial charge in [-0.25, -0.2) is 0 Å². The van der Waals surface area contributed by atoms with Crippen molar-refractivity contribution in [1.82, 2.24) is 0 Å². The second-order valence-electron chi connectivity index (χ2n) is 4.40.